The minimum Gasteiger partial charge on any atom is -0.563 e. The molecule has 6 heteroatoms. The maximum atomic E-state index is 12.7. The summed E-state index contributed by atoms with van der Waals surface area (Å²) in [5.74, 6) is 0.670. The van der Waals surface area contributed by atoms with Crippen molar-refractivity contribution in [3.63, 3.8) is 0 Å². The van der Waals surface area contributed by atoms with Gasteiger partial charge < -0.3 is 14.1 Å². The van der Waals surface area contributed by atoms with Crippen LogP contribution in [-0.2, 0) is 4.43 Å². The summed E-state index contributed by atoms with van der Waals surface area (Å²) in [4.78, 5) is 14.5. The Labute approximate surface area is 148 Å². The van der Waals surface area contributed by atoms with Crippen molar-refractivity contribution in [3.8, 4) is 5.75 Å². The number of fused-ring (bicyclic) bond motifs is 1. The Balaban J connectivity index is 2.03. The minimum absolute atomic E-state index is 0.0117. The van der Waals surface area contributed by atoms with E-state index in [1.54, 1.807) is 0 Å². The molecule has 1 aliphatic heterocycles. The molecule has 0 aromatic heterocycles. The van der Waals surface area contributed by atoms with Crippen LogP contribution in [0.1, 0.15) is 31.1 Å². The van der Waals surface area contributed by atoms with E-state index in [0.717, 1.165) is 4.47 Å². The molecule has 0 fully saturated rings. The Hall–Kier alpha value is -0.853. The van der Waals surface area contributed by atoms with Gasteiger partial charge in [0.2, 0.25) is 0 Å². The van der Waals surface area contributed by atoms with E-state index in [0.29, 0.717) is 37.6 Å². The van der Waals surface area contributed by atoms with Crippen molar-refractivity contribution < 1.29 is 14.0 Å². The van der Waals surface area contributed by atoms with Crippen molar-refractivity contribution in [2.45, 2.75) is 38.9 Å². The molecular weight excluding hydrogens is 374 g/mol. The zero-order valence-corrected chi connectivity index (χ0v) is 17.2. The third-order valence-electron chi connectivity index (χ3n) is 4.71. The highest BCUT2D eigenvalue weighted by Gasteiger charge is 2.26. The predicted octanol–water partition coefficient (Wildman–Crippen LogP) is 4.31. The number of halogens is 1. The average Bonchev–Trinajstić information content (AvgIpc) is 2.58. The van der Waals surface area contributed by atoms with Crippen LogP contribution in [0.4, 0.5) is 0 Å². The molecule has 0 saturated carbocycles. The van der Waals surface area contributed by atoms with Crippen LogP contribution in [-0.4, -0.2) is 45.4 Å². The summed E-state index contributed by atoms with van der Waals surface area (Å²) >= 11 is 3.42. The van der Waals surface area contributed by atoms with E-state index in [1.807, 2.05) is 23.1 Å². The molecule has 2 rings (SSSR count). The molecule has 1 heterocycles. The molecule has 23 heavy (non-hydrogen) atoms. The molecule has 1 aromatic carbocycles. The third kappa shape index (κ3) is 4.36. The van der Waals surface area contributed by atoms with Crippen LogP contribution in [0.25, 0.3) is 0 Å². The number of carbonyl (C=O) groups is 1. The summed E-state index contributed by atoms with van der Waals surface area (Å²) in [6, 6.07) is 5.56. The number of ether oxygens (including phenoxy) is 1. The van der Waals surface area contributed by atoms with Crippen molar-refractivity contribution in [1.29, 1.82) is 0 Å². The van der Waals surface area contributed by atoms with Gasteiger partial charge in [-0.05, 0) is 26.5 Å². The molecule has 0 unspecified atom stereocenters. The first-order valence-electron chi connectivity index (χ1n) is 7.97. The second-order valence-electron chi connectivity index (χ2n) is 7.39. The van der Waals surface area contributed by atoms with E-state index in [2.05, 4.69) is 49.8 Å². The molecule has 1 aliphatic rings. The van der Waals surface area contributed by atoms with Gasteiger partial charge in [0.05, 0.1) is 12.1 Å². The second kappa shape index (κ2) is 6.95. The lowest BCUT2D eigenvalue weighted by atomic mass is 10.2. The Bertz CT molecular complexity index is 584. The topological polar surface area (TPSA) is 38.8 Å². The quantitative estimate of drug-likeness (QED) is 0.708. The normalized spacial score (nSPS) is 15.9. The van der Waals surface area contributed by atoms with E-state index in [-0.39, 0.29) is 10.9 Å². The Morgan fingerprint density at radius 3 is 2.70 bits per heavy atom. The standard InChI is InChI=1S/C17H26BrNO3Si/c1-17(2,3)23(4,5)22-11-9-19-8-10-21-15-7-6-13(18)12-14(15)16(19)20/h6-7,12H,8-11H2,1-5H3/q-1. The third-order valence-corrected chi connectivity index (χ3v) is 9.74. The molecule has 0 radical (unpaired) electrons. The van der Waals surface area contributed by atoms with Gasteiger partial charge in [0.25, 0.3) is 5.91 Å². The molecule has 1 amide bonds. The Kier molecular flexibility index (Phi) is 5.58. The van der Waals surface area contributed by atoms with Crippen LogP contribution in [0, 0.1) is 0 Å². The van der Waals surface area contributed by atoms with Crippen LogP contribution in [0.15, 0.2) is 22.7 Å². The molecule has 0 spiro atoms. The SMILES string of the molecule is CC(C)(C)[Si-](C)(C)OCCN1CCOc2ccc(Br)cc2C1=O. The fourth-order valence-corrected chi connectivity index (χ4v) is 3.57. The van der Waals surface area contributed by atoms with Crippen molar-refractivity contribution in [3.05, 3.63) is 28.2 Å². The molecule has 0 aliphatic carbocycles. The van der Waals surface area contributed by atoms with Crippen molar-refractivity contribution in [1.82, 2.24) is 4.90 Å². The van der Waals surface area contributed by atoms with Crippen LogP contribution >= 0.6 is 15.9 Å². The highest BCUT2D eigenvalue weighted by Crippen LogP contribution is 2.36. The van der Waals surface area contributed by atoms with E-state index < -0.39 is 8.32 Å². The Morgan fingerprint density at radius 2 is 2.04 bits per heavy atom. The number of hydrogen-bond acceptors (Lipinski definition) is 3. The minimum atomic E-state index is -1.78. The van der Waals surface area contributed by atoms with E-state index >= 15 is 0 Å². The molecule has 0 N–H and O–H groups in total. The molecule has 4 nitrogen and oxygen atoms in total. The van der Waals surface area contributed by atoms with Gasteiger partial charge in [-0.3, -0.25) is 4.79 Å². The number of amides is 1. The molecular formula is C17H26BrNO3Si-. The molecule has 0 saturated heterocycles. The van der Waals surface area contributed by atoms with Gasteiger partial charge in [0.1, 0.15) is 12.4 Å². The van der Waals surface area contributed by atoms with Gasteiger partial charge in [0.15, 0.2) is 0 Å². The van der Waals surface area contributed by atoms with Gasteiger partial charge in [-0.1, -0.05) is 36.7 Å². The van der Waals surface area contributed by atoms with Crippen molar-refractivity contribution in [2.75, 3.05) is 26.3 Å². The number of benzene rings is 1. The summed E-state index contributed by atoms with van der Waals surface area (Å²) in [5, 5.41) is 0.177. The summed E-state index contributed by atoms with van der Waals surface area (Å²) in [5.41, 5.74) is 0.615. The maximum absolute atomic E-state index is 12.7. The Morgan fingerprint density at radius 1 is 1.35 bits per heavy atom. The first kappa shape index (κ1) is 18.5. The van der Waals surface area contributed by atoms with E-state index in [9.17, 15) is 4.79 Å². The maximum Gasteiger partial charge on any atom is 0.257 e. The van der Waals surface area contributed by atoms with Crippen LogP contribution in [0.3, 0.4) is 0 Å². The highest BCUT2D eigenvalue weighted by atomic mass is 79.9. The van der Waals surface area contributed by atoms with Gasteiger partial charge in [0, 0.05) is 17.6 Å². The monoisotopic (exact) mass is 399 g/mol. The summed E-state index contributed by atoms with van der Waals surface area (Å²) < 4.78 is 12.8. The van der Waals surface area contributed by atoms with Gasteiger partial charge in [-0.15, -0.1) is 18.1 Å². The van der Waals surface area contributed by atoms with Crippen molar-refractivity contribution >= 4 is 30.2 Å². The summed E-state index contributed by atoms with van der Waals surface area (Å²) in [7, 11) is -1.78. The highest BCUT2D eigenvalue weighted by molar-refractivity contribution is 9.10. The molecule has 129 valence electrons. The number of carbonyl (C=O) groups excluding carboxylic acids is 1. The van der Waals surface area contributed by atoms with Crippen LogP contribution < -0.4 is 4.74 Å². The smallest absolute Gasteiger partial charge is 0.257 e. The zero-order chi connectivity index (χ0) is 17.3. The first-order valence-corrected chi connectivity index (χ1v) is 11.7. The largest absolute Gasteiger partial charge is 0.563 e. The van der Waals surface area contributed by atoms with Crippen molar-refractivity contribution in [2.24, 2.45) is 0 Å². The van der Waals surface area contributed by atoms with Crippen LogP contribution in [0.5, 0.6) is 5.75 Å². The lowest BCUT2D eigenvalue weighted by Gasteiger charge is -2.48. The average molecular weight is 400 g/mol. The van der Waals surface area contributed by atoms with Gasteiger partial charge in [-0.25, -0.2) is 0 Å². The fraction of sp³-hybridized carbons (Fsp3) is 0.588. The van der Waals surface area contributed by atoms with E-state index in [4.69, 9.17) is 9.16 Å². The fourth-order valence-electron chi connectivity index (χ4n) is 2.17. The van der Waals surface area contributed by atoms with Gasteiger partial charge >= 0.3 is 0 Å². The lowest BCUT2D eigenvalue weighted by molar-refractivity contribution is 0.0724. The number of rotatable bonds is 4. The predicted molar refractivity (Wildman–Crippen MR) is 98.7 cm³/mol. The summed E-state index contributed by atoms with van der Waals surface area (Å²) in [6.07, 6.45) is 0. The molecule has 0 bridgehead atoms. The molecule has 0 atom stereocenters. The molecule has 1 aromatic rings. The van der Waals surface area contributed by atoms with E-state index in [1.165, 1.54) is 0 Å². The zero-order valence-electron chi connectivity index (χ0n) is 14.6. The van der Waals surface area contributed by atoms with Crippen LogP contribution in [0.2, 0.25) is 18.1 Å². The van der Waals surface area contributed by atoms with Gasteiger partial charge in [-0.2, -0.15) is 0 Å². The number of nitrogens with zero attached hydrogens (tertiary/aromatic N) is 1. The first-order chi connectivity index (χ1) is 10.6. The summed E-state index contributed by atoms with van der Waals surface area (Å²) in [6.45, 7) is 13.4. The lowest BCUT2D eigenvalue weighted by Crippen LogP contribution is -2.43. The second-order valence-corrected chi connectivity index (χ2v) is 13.1. The number of hydrogen-bond donors (Lipinski definition) is 0.